The van der Waals surface area contributed by atoms with Crippen LogP contribution < -0.4 is 5.32 Å². The van der Waals surface area contributed by atoms with Crippen LogP contribution >= 0.6 is 11.8 Å². The molecule has 0 spiro atoms. The number of aryl methyl sites for hydroxylation is 1. The standard InChI is InChI=1S/C17H14FNO2S/c1-10-13-4-3-5-14(18)16(13)21-15(10)17(20)19-11-6-8-12(22-2)9-7-11/h3-9H,1-2H3,(H,19,20). The molecule has 0 fully saturated rings. The van der Waals surface area contributed by atoms with Gasteiger partial charge in [-0.1, -0.05) is 12.1 Å². The van der Waals surface area contributed by atoms with Crippen LogP contribution in [0.3, 0.4) is 0 Å². The zero-order chi connectivity index (χ0) is 15.7. The Hall–Kier alpha value is -2.27. The molecule has 2 aromatic carbocycles. The number of para-hydroxylation sites is 1. The van der Waals surface area contributed by atoms with Gasteiger partial charge in [-0.2, -0.15) is 0 Å². The number of benzene rings is 2. The second-order valence-corrected chi connectivity index (χ2v) is 5.73. The molecule has 0 aliphatic heterocycles. The maximum absolute atomic E-state index is 13.7. The lowest BCUT2D eigenvalue weighted by Gasteiger charge is -2.04. The molecule has 5 heteroatoms. The number of hydrogen-bond acceptors (Lipinski definition) is 3. The molecular weight excluding hydrogens is 301 g/mol. The van der Waals surface area contributed by atoms with E-state index in [-0.39, 0.29) is 17.3 Å². The van der Waals surface area contributed by atoms with E-state index in [1.165, 1.54) is 6.07 Å². The van der Waals surface area contributed by atoms with Crippen molar-refractivity contribution in [3.05, 3.63) is 59.6 Å². The van der Waals surface area contributed by atoms with Crippen LogP contribution in [0.4, 0.5) is 10.1 Å². The summed E-state index contributed by atoms with van der Waals surface area (Å²) >= 11 is 1.63. The van der Waals surface area contributed by atoms with Crippen LogP contribution in [-0.4, -0.2) is 12.2 Å². The van der Waals surface area contributed by atoms with E-state index in [1.807, 2.05) is 30.5 Å². The predicted octanol–water partition coefficient (Wildman–Crippen LogP) is 4.85. The third kappa shape index (κ3) is 2.60. The number of anilines is 1. The fourth-order valence-corrected chi connectivity index (χ4v) is 2.70. The molecule has 0 bridgehead atoms. The summed E-state index contributed by atoms with van der Waals surface area (Å²) < 4.78 is 19.1. The summed E-state index contributed by atoms with van der Waals surface area (Å²) in [6, 6.07) is 12.1. The van der Waals surface area contributed by atoms with Crippen LogP contribution in [0.1, 0.15) is 16.1 Å². The molecule has 0 saturated heterocycles. The Bertz CT molecular complexity index is 840. The van der Waals surface area contributed by atoms with Crippen LogP contribution in [0, 0.1) is 12.7 Å². The van der Waals surface area contributed by atoms with Gasteiger partial charge in [0.15, 0.2) is 17.2 Å². The fraction of sp³-hybridized carbons (Fsp3) is 0.118. The molecule has 0 aliphatic carbocycles. The molecule has 1 N–H and O–H groups in total. The Labute approximate surface area is 131 Å². The smallest absolute Gasteiger partial charge is 0.291 e. The average Bonchev–Trinajstić information content (AvgIpc) is 2.87. The van der Waals surface area contributed by atoms with E-state index in [0.29, 0.717) is 16.6 Å². The number of furan rings is 1. The Morgan fingerprint density at radius 2 is 1.91 bits per heavy atom. The Balaban J connectivity index is 1.91. The van der Waals surface area contributed by atoms with E-state index >= 15 is 0 Å². The van der Waals surface area contributed by atoms with Gasteiger partial charge < -0.3 is 9.73 Å². The Morgan fingerprint density at radius 3 is 2.55 bits per heavy atom. The molecule has 0 saturated carbocycles. The Morgan fingerprint density at radius 1 is 1.18 bits per heavy atom. The molecule has 3 rings (SSSR count). The molecule has 1 aromatic heterocycles. The number of hydrogen-bond donors (Lipinski definition) is 1. The normalized spacial score (nSPS) is 10.9. The van der Waals surface area contributed by atoms with E-state index in [9.17, 15) is 9.18 Å². The van der Waals surface area contributed by atoms with Crippen molar-refractivity contribution in [2.75, 3.05) is 11.6 Å². The molecule has 3 nitrogen and oxygen atoms in total. The second-order valence-electron chi connectivity index (χ2n) is 4.86. The van der Waals surface area contributed by atoms with E-state index in [4.69, 9.17) is 4.42 Å². The molecule has 0 unspecified atom stereocenters. The van der Waals surface area contributed by atoms with E-state index in [2.05, 4.69) is 5.32 Å². The van der Waals surface area contributed by atoms with Crippen molar-refractivity contribution in [2.24, 2.45) is 0 Å². The van der Waals surface area contributed by atoms with Crippen molar-refractivity contribution < 1.29 is 13.6 Å². The molecule has 22 heavy (non-hydrogen) atoms. The van der Waals surface area contributed by atoms with Crippen molar-refractivity contribution in [1.82, 2.24) is 0 Å². The van der Waals surface area contributed by atoms with Gasteiger partial charge in [-0.3, -0.25) is 4.79 Å². The topological polar surface area (TPSA) is 42.2 Å². The highest BCUT2D eigenvalue weighted by atomic mass is 32.2. The van der Waals surface area contributed by atoms with Crippen molar-refractivity contribution >= 4 is 34.3 Å². The van der Waals surface area contributed by atoms with Gasteiger partial charge in [-0.25, -0.2) is 4.39 Å². The van der Waals surface area contributed by atoms with Crippen LogP contribution in [0.15, 0.2) is 51.8 Å². The third-order valence-corrected chi connectivity index (χ3v) is 4.21. The molecule has 0 atom stereocenters. The average molecular weight is 315 g/mol. The van der Waals surface area contributed by atoms with Crippen molar-refractivity contribution in [1.29, 1.82) is 0 Å². The highest BCUT2D eigenvalue weighted by molar-refractivity contribution is 7.98. The summed E-state index contributed by atoms with van der Waals surface area (Å²) in [6.07, 6.45) is 1.99. The summed E-state index contributed by atoms with van der Waals surface area (Å²) in [5.74, 6) is -0.719. The van der Waals surface area contributed by atoms with Crippen LogP contribution in [-0.2, 0) is 0 Å². The number of nitrogens with one attached hydrogen (secondary N) is 1. The fourth-order valence-electron chi connectivity index (χ4n) is 2.29. The first kappa shape index (κ1) is 14.7. The van der Waals surface area contributed by atoms with Crippen LogP contribution in [0.25, 0.3) is 11.0 Å². The lowest BCUT2D eigenvalue weighted by Crippen LogP contribution is -2.11. The van der Waals surface area contributed by atoms with Crippen molar-refractivity contribution in [2.45, 2.75) is 11.8 Å². The molecule has 1 heterocycles. The maximum atomic E-state index is 13.7. The number of thioether (sulfide) groups is 1. The summed E-state index contributed by atoms with van der Waals surface area (Å²) in [4.78, 5) is 13.4. The quantitative estimate of drug-likeness (QED) is 0.702. The molecule has 112 valence electrons. The van der Waals surface area contributed by atoms with E-state index < -0.39 is 5.82 Å². The van der Waals surface area contributed by atoms with Gasteiger partial charge in [0.05, 0.1) is 0 Å². The molecule has 3 aromatic rings. The molecule has 1 amide bonds. The van der Waals surface area contributed by atoms with Gasteiger partial charge in [0.1, 0.15) is 0 Å². The monoisotopic (exact) mass is 315 g/mol. The molecule has 0 radical (unpaired) electrons. The van der Waals surface area contributed by atoms with Gasteiger partial charge >= 0.3 is 0 Å². The Kier molecular flexibility index (Phi) is 3.90. The van der Waals surface area contributed by atoms with Crippen molar-refractivity contribution in [3.63, 3.8) is 0 Å². The zero-order valence-corrected chi connectivity index (χ0v) is 13.0. The third-order valence-electron chi connectivity index (χ3n) is 3.47. The first-order valence-corrected chi connectivity index (χ1v) is 7.95. The maximum Gasteiger partial charge on any atom is 0.291 e. The van der Waals surface area contributed by atoms with Gasteiger partial charge in [0.2, 0.25) is 0 Å². The summed E-state index contributed by atoms with van der Waals surface area (Å²) in [7, 11) is 0. The summed E-state index contributed by atoms with van der Waals surface area (Å²) in [6.45, 7) is 1.75. The number of halogens is 1. The minimum absolute atomic E-state index is 0.114. The van der Waals surface area contributed by atoms with Crippen molar-refractivity contribution in [3.8, 4) is 0 Å². The second kappa shape index (κ2) is 5.85. The molecular formula is C17H14FNO2S. The molecule has 0 aliphatic rings. The summed E-state index contributed by atoms with van der Waals surface area (Å²) in [5.41, 5.74) is 1.42. The number of amides is 1. The first-order chi connectivity index (χ1) is 10.6. The number of carbonyl (C=O) groups is 1. The van der Waals surface area contributed by atoms with E-state index in [1.54, 1.807) is 30.8 Å². The lowest BCUT2D eigenvalue weighted by atomic mass is 10.1. The largest absolute Gasteiger partial charge is 0.448 e. The van der Waals surface area contributed by atoms with Gasteiger partial charge in [-0.05, 0) is 43.5 Å². The highest BCUT2D eigenvalue weighted by Crippen LogP contribution is 2.28. The lowest BCUT2D eigenvalue weighted by molar-refractivity contribution is 0.0997. The van der Waals surface area contributed by atoms with Gasteiger partial charge in [0.25, 0.3) is 5.91 Å². The first-order valence-electron chi connectivity index (χ1n) is 6.73. The number of carbonyl (C=O) groups excluding carboxylic acids is 1. The number of rotatable bonds is 3. The van der Waals surface area contributed by atoms with E-state index in [0.717, 1.165) is 4.90 Å². The zero-order valence-electron chi connectivity index (χ0n) is 12.1. The predicted molar refractivity (Wildman–Crippen MR) is 87.1 cm³/mol. The minimum atomic E-state index is -0.469. The summed E-state index contributed by atoms with van der Waals surface area (Å²) in [5, 5.41) is 3.38. The SMILES string of the molecule is CSc1ccc(NC(=O)c2oc3c(F)cccc3c2C)cc1. The highest BCUT2D eigenvalue weighted by Gasteiger charge is 2.19. The van der Waals surface area contributed by atoms with Gasteiger partial charge in [-0.15, -0.1) is 11.8 Å². The van der Waals surface area contributed by atoms with Crippen LogP contribution in [0.2, 0.25) is 0 Å². The van der Waals surface area contributed by atoms with Gasteiger partial charge in [0, 0.05) is 21.5 Å². The minimum Gasteiger partial charge on any atom is -0.448 e. The van der Waals surface area contributed by atoms with Crippen LogP contribution in [0.5, 0.6) is 0 Å². The number of fused-ring (bicyclic) bond motifs is 1.